The number of furan rings is 1. The SMILES string of the molecule is COc1cccc2cc(C(C)NCc3ccc(F)c(CO)c3)oc12. The Morgan fingerprint density at radius 2 is 2.08 bits per heavy atom. The molecule has 3 rings (SSSR count). The van der Waals surface area contributed by atoms with E-state index in [0.29, 0.717) is 17.9 Å². The molecular formula is C19H20FNO3. The van der Waals surface area contributed by atoms with E-state index in [0.717, 1.165) is 22.3 Å². The summed E-state index contributed by atoms with van der Waals surface area (Å²) in [6.07, 6.45) is 0. The van der Waals surface area contributed by atoms with Crippen molar-refractivity contribution in [3.05, 3.63) is 65.2 Å². The van der Waals surface area contributed by atoms with Gasteiger partial charge in [-0.2, -0.15) is 0 Å². The highest BCUT2D eigenvalue weighted by molar-refractivity contribution is 5.83. The minimum absolute atomic E-state index is 0.0234. The van der Waals surface area contributed by atoms with Gasteiger partial charge in [-0.3, -0.25) is 0 Å². The Labute approximate surface area is 139 Å². The van der Waals surface area contributed by atoms with Crippen molar-refractivity contribution >= 4 is 11.0 Å². The lowest BCUT2D eigenvalue weighted by Crippen LogP contribution is -2.17. The lowest BCUT2D eigenvalue weighted by atomic mass is 10.1. The predicted molar refractivity (Wildman–Crippen MR) is 90.3 cm³/mol. The maximum absolute atomic E-state index is 13.4. The third-order valence-electron chi connectivity index (χ3n) is 4.07. The molecule has 0 spiro atoms. The number of aliphatic hydroxyl groups is 1. The van der Waals surface area contributed by atoms with Gasteiger partial charge in [-0.25, -0.2) is 4.39 Å². The first-order chi connectivity index (χ1) is 11.6. The van der Waals surface area contributed by atoms with Gasteiger partial charge in [0.2, 0.25) is 0 Å². The zero-order chi connectivity index (χ0) is 17.1. The van der Waals surface area contributed by atoms with Crippen molar-refractivity contribution in [3.63, 3.8) is 0 Å². The highest BCUT2D eigenvalue weighted by Gasteiger charge is 2.14. The Bertz CT molecular complexity index is 844. The van der Waals surface area contributed by atoms with Crippen LogP contribution >= 0.6 is 0 Å². The number of ether oxygens (including phenoxy) is 1. The molecule has 1 atom stereocenters. The Morgan fingerprint density at radius 1 is 1.25 bits per heavy atom. The Hall–Kier alpha value is -2.37. The van der Waals surface area contributed by atoms with Gasteiger partial charge in [-0.1, -0.05) is 18.2 Å². The predicted octanol–water partition coefficient (Wildman–Crippen LogP) is 3.92. The van der Waals surface area contributed by atoms with Crippen LogP contribution in [0.1, 0.15) is 29.9 Å². The number of fused-ring (bicyclic) bond motifs is 1. The topological polar surface area (TPSA) is 54.6 Å². The summed E-state index contributed by atoms with van der Waals surface area (Å²) in [5, 5.41) is 13.5. The number of hydrogen-bond donors (Lipinski definition) is 2. The molecule has 2 aromatic carbocycles. The number of nitrogens with one attached hydrogen (secondary N) is 1. The van der Waals surface area contributed by atoms with E-state index in [1.165, 1.54) is 6.07 Å². The highest BCUT2D eigenvalue weighted by atomic mass is 19.1. The molecule has 3 aromatic rings. The van der Waals surface area contributed by atoms with Gasteiger partial charge in [0.05, 0.1) is 19.8 Å². The second kappa shape index (κ2) is 7.03. The van der Waals surface area contributed by atoms with Gasteiger partial charge in [-0.05, 0) is 36.8 Å². The lowest BCUT2D eigenvalue weighted by molar-refractivity contribution is 0.275. The van der Waals surface area contributed by atoms with Crippen LogP contribution in [0.4, 0.5) is 4.39 Å². The minimum Gasteiger partial charge on any atom is -0.493 e. The molecule has 0 amide bonds. The Morgan fingerprint density at radius 3 is 2.83 bits per heavy atom. The molecule has 0 radical (unpaired) electrons. The van der Waals surface area contributed by atoms with Crippen LogP contribution < -0.4 is 10.1 Å². The van der Waals surface area contributed by atoms with Gasteiger partial charge in [-0.15, -0.1) is 0 Å². The summed E-state index contributed by atoms with van der Waals surface area (Å²) in [6.45, 7) is 2.24. The molecule has 2 N–H and O–H groups in total. The zero-order valence-electron chi connectivity index (χ0n) is 13.7. The first kappa shape index (κ1) is 16.5. The summed E-state index contributed by atoms with van der Waals surface area (Å²) in [7, 11) is 1.62. The van der Waals surface area contributed by atoms with Gasteiger partial charge < -0.3 is 19.6 Å². The molecular weight excluding hydrogens is 309 g/mol. The molecule has 24 heavy (non-hydrogen) atoms. The van der Waals surface area contributed by atoms with E-state index in [1.807, 2.05) is 31.2 Å². The van der Waals surface area contributed by atoms with E-state index in [-0.39, 0.29) is 12.6 Å². The van der Waals surface area contributed by atoms with Crippen molar-refractivity contribution in [1.29, 1.82) is 0 Å². The van der Waals surface area contributed by atoms with Crippen molar-refractivity contribution in [2.45, 2.75) is 26.1 Å². The number of para-hydroxylation sites is 1. The molecule has 4 nitrogen and oxygen atoms in total. The number of methoxy groups -OCH3 is 1. The van der Waals surface area contributed by atoms with Crippen LogP contribution in [0.25, 0.3) is 11.0 Å². The Kier molecular flexibility index (Phi) is 4.83. The molecule has 126 valence electrons. The molecule has 0 aliphatic carbocycles. The number of rotatable bonds is 6. The quantitative estimate of drug-likeness (QED) is 0.719. The average molecular weight is 329 g/mol. The van der Waals surface area contributed by atoms with E-state index < -0.39 is 5.82 Å². The first-order valence-electron chi connectivity index (χ1n) is 7.80. The number of hydrogen-bond acceptors (Lipinski definition) is 4. The number of benzene rings is 2. The largest absolute Gasteiger partial charge is 0.493 e. The fourth-order valence-electron chi connectivity index (χ4n) is 2.66. The average Bonchev–Trinajstić information content (AvgIpc) is 3.05. The molecule has 0 bridgehead atoms. The maximum atomic E-state index is 13.4. The molecule has 1 unspecified atom stereocenters. The number of halogens is 1. The van der Waals surface area contributed by atoms with Crippen LogP contribution in [0, 0.1) is 5.82 Å². The standard InChI is InChI=1S/C19H20FNO3/c1-12(21-10-13-6-7-16(20)15(8-13)11-22)18-9-14-4-3-5-17(23-2)19(14)24-18/h3-9,12,21-22H,10-11H2,1-2H3. The van der Waals surface area contributed by atoms with Crippen molar-refractivity contribution in [2.24, 2.45) is 0 Å². The van der Waals surface area contributed by atoms with Crippen LogP contribution in [0.5, 0.6) is 5.75 Å². The van der Waals surface area contributed by atoms with Crippen molar-refractivity contribution in [1.82, 2.24) is 5.32 Å². The van der Waals surface area contributed by atoms with Crippen LogP contribution in [0.3, 0.4) is 0 Å². The fourth-order valence-corrected chi connectivity index (χ4v) is 2.66. The van der Waals surface area contributed by atoms with E-state index in [1.54, 1.807) is 19.2 Å². The summed E-state index contributed by atoms with van der Waals surface area (Å²) < 4.78 is 24.6. The van der Waals surface area contributed by atoms with E-state index in [4.69, 9.17) is 14.3 Å². The van der Waals surface area contributed by atoms with E-state index in [9.17, 15) is 4.39 Å². The summed E-state index contributed by atoms with van der Waals surface area (Å²) in [4.78, 5) is 0. The van der Waals surface area contributed by atoms with E-state index >= 15 is 0 Å². The summed E-state index contributed by atoms with van der Waals surface area (Å²) >= 11 is 0. The smallest absolute Gasteiger partial charge is 0.176 e. The molecule has 1 heterocycles. The van der Waals surface area contributed by atoms with Crippen LogP contribution in [0.2, 0.25) is 0 Å². The summed E-state index contributed by atoms with van der Waals surface area (Å²) in [5.74, 6) is 1.12. The van der Waals surface area contributed by atoms with Crippen molar-refractivity contribution in [2.75, 3.05) is 7.11 Å². The van der Waals surface area contributed by atoms with Crippen molar-refractivity contribution < 1.29 is 18.7 Å². The van der Waals surface area contributed by atoms with Gasteiger partial charge >= 0.3 is 0 Å². The van der Waals surface area contributed by atoms with Gasteiger partial charge in [0.15, 0.2) is 11.3 Å². The summed E-state index contributed by atoms with van der Waals surface area (Å²) in [6, 6.07) is 12.5. The van der Waals surface area contributed by atoms with Gasteiger partial charge in [0.1, 0.15) is 11.6 Å². The maximum Gasteiger partial charge on any atom is 0.176 e. The second-order valence-electron chi connectivity index (χ2n) is 5.71. The van der Waals surface area contributed by atoms with Crippen molar-refractivity contribution in [3.8, 4) is 5.75 Å². The van der Waals surface area contributed by atoms with Crippen LogP contribution in [0.15, 0.2) is 46.9 Å². The molecule has 1 aromatic heterocycles. The zero-order valence-corrected chi connectivity index (χ0v) is 13.7. The third kappa shape index (κ3) is 3.27. The molecule has 0 aliphatic heterocycles. The summed E-state index contributed by atoms with van der Waals surface area (Å²) in [5.41, 5.74) is 1.93. The molecule has 0 fully saturated rings. The molecule has 5 heteroatoms. The third-order valence-corrected chi connectivity index (χ3v) is 4.07. The molecule has 0 saturated carbocycles. The monoisotopic (exact) mass is 329 g/mol. The van der Waals surface area contributed by atoms with Gasteiger partial charge in [0.25, 0.3) is 0 Å². The molecule has 0 aliphatic rings. The fraction of sp³-hybridized carbons (Fsp3) is 0.263. The first-order valence-corrected chi connectivity index (χ1v) is 7.80. The number of aliphatic hydroxyl groups excluding tert-OH is 1. The van der Waals surface area contributed by atoms with Gasteiger partial charge in [0, 0.05) is 17.5 Å². The highest BCUT2D eigenvalue weighted by Crippen LogP contribution is 2.30. The Balaban J connectivity index is 1.74. The normalized spacial score (nSPS) is 12.5. The second-order valence-corrected chi connectivity index (χ2v) is 5.71. The van der Waals surface area contributed by atoms with Crippen LogP contribution in [-0.2, 0) is 13.2 Å². The van der Waals surface area contributed by atoms with Crippen LogP contribution in [-0.4, -0.2) is 12.2 Å². The minimum atomic E-state index is -0.390. The van der Waals surface area contributed by atoms with E-state index in [2.05, 4.69) is 5.32 Å². The molecule has 0 saturated heterocycles. The lowest BCUT2D eigenvalue weighted by Gasteiger charge is -2.12.